The van der Waals surface area contributed by atoms with Gasteiger partial charge in [0.15, 0.2) is 0 Å². The van der Waals surface area contributed by atoms with E-state index >= 15 is 0 Å². The molecule has 0 fully saturated rings. The minimum atomic E-state index is -0.225. The molecule has 5 nitrogen and oxygen atoms in total. The van der Waals surface area contributed by atoms with Gasteiger partial charge in [-0.3, -0.25) is 0 Å². The number of urea groups is 1. The van der Waals surface area contributed by atoms with Crippen LogP contribution in [0, 0.1) is 0 Å². The van der Waals surface area contributed by atoms with Gasteiger partial charge in [0.05, 0.1) is 13.2 Å². The highest BCUT2D eigenvalue weighted by molar-refractivity contribution is 7.10. The van der Waals surface area contributed by atoms with Crippen LogP contribution in [0.1, 0.15) is 10.9 Å². The fraction of sp³-hybridized carbons (Fsp3) is 0.312. The monoisotopic (exact) mass is 319 g/mol. The minimum absolute atomic E-state index is 0.163. The molecule has 1 atom stereocenters. The molecule has 2 N–H and O–H groups in total. The molecule has 2 aromatic rings. The SMILES string of the molecule is COc1cccc(NC(=O)NCC(c2cccs2)N(C)C)c1. The van der Waals surface area contributed by atoms with Gasteiger partial charge in [0.1, 0.15) is 5.75 Å². The number of hydrogen-bond donors (Lipinski definition) is 2. The van der Waals surface area contributed by atoms with E-state index in [9.17, 15) is 4.79 Å². The van der Waals surface area contributed by atoms with Gasteiger partial charge in [-0.15, -0.1) is 11.3 Å². The average Bonchev–Trinajstić information content (AvgIpc) is 3.01. The van der Waals surface area contributed by atoms with E-state index in [2.05, 4.69) is 21.6 Å². The molecule has 2 amide bonds. The van der Waals surface area contributed by atoms with E-state index in [1.807, 2.05) is 43.7 Å². The molecule has 1 aromatic carbocycles. The highest BCUT2D eigenvalue weighted by atomic mass is 32.1. The molecule has 0 saturated carbocycles. The number of nitrogens with one attached hydrogen (secondary N) is 2. The van der Waals surface area contributed by atoms with Crippen molar-refractivity contribution >= 4 is 23.1 Å². The third kappa shape index (κ3) is 4.47. The standard InChI is InChI=1S/C16H21N3O2S/c1-19(2)14(15-8-5-9-22-15)11-17-16(20)18-12-6-4-7-13(10-12)21-3/h4-10,14H,11H2,1-3H3,(H2,17,18,20). The largest absolute Gasteiger partial charge is 0.497 e. The molecule has 22 heavy (non-hydrogen) atoms. The first kappa shape index (κ1) is 16.3. The summed E-state index contributed by atoms with van der Waals surface area (Å²) in [6, 6.07) is 11.3. The molecular weight excluding hydrogens is 298 g/mol. The van der Waals surface area contributed by atoms with Crippen molar-refractivity contribution in [1.29, 1.82) is 0 Å². The summed E-state index contributed by atoms with van der Waals surface area (Å²) in [6.07, 6.45) is 0. The summed E-state index contributed by atoms with van der Waals surface area (Å²) >= 11 is 1.69. The lowest BCUT2D eigenvalue weighted by atomic mass is 10.2. The Morgan fingerprint density at radius 1 is 1.32 bits per heavy atom. The van der Waals surface area contributed by atoms with Gasteiger partial charge in [0.25, 0.3) is 0 Å². The number of methoxy groups -OCH3 is 1. The van der Waals surface area contributed by atoms with Crippen molar-refractivity contribution in [2.75, 3.05) is 33.1 Å². The summed E-state index contributed by atoms with van der Waals surface area (Å²) in [4.78, 5) is 15.4. The van der Waals surface area contributed by atoms with E-state index < -0.39 is 0 Å². The molecule has 1 unspecified atom stereocenters. The molecule has 1 aromatic heterocycles. The van der Waals surface area contributed by atoms with Gasteiger partial charge in [-0.2, -0.15) is 0 Å². The van der Waals surface area contributed by atoms with Crippen LogP contribution in [0.25, 0.3) is 0 Å². The Kier molecular flexibility index (Phi) is 5.80. The predicted molar refractivity (Wildman–Crippen MR) is 90.8 cm³/mol. The van der Waals surface area contributed by atoms with Gasteiger partial charge in [-0.1, -0.05) is 12.1 Å². The quantitative estimate of drug-likeness (QED) is 0.860. The molecular formula is C16H21N3O2S. The van der Waals surface area contributed by atoms with E-state index in [4.69, 9.17) is 4.74 Å². The van der Waals surface area contributed by atoms with Crippen LogP contribution in [0.4, 0.5) is 10.5 Å². The molecule has 2 rings (SSSR count). The Morgan fingerprint density at radius 3 is 2.77 bits per heavy atom. The van der Waals surface area contributed by atoms with Crippen molar-refractivity contribution in [2.24, 2.45) is 0 Å². The molecule has 0 spiro atoms. The first-order valence-electron chi connectivity index (χ1n) is 6.99. The predicted octanol–water partition coefficient (Wildman–Crippen LogP) is 3.18. The van der Waals surface area contributed by atoms with Gasteiger partial charge in [0.2, 0.25) is 0 Å². The maximum absolute atomic E-state index is 12.0. The highest BCUT2D eigenvalue weighted by Crippen LogP contribution is 2.22. The van der Waals surface area contributed by atoms with E-state index in [0.29, 0.717) is 18.0 Å². The topological polar surface area (TPSA) is 53.6 Å². The van der Waals surface area contributed by atoms with E-state index in [0.717, 1.165) is 0 Å². The van der Waals surface area contributed by atoms with Gasteiger partial charge >= 0.3 is 6.03 Å². The summed E-state index contributed by atoms with van der Waals surface area (Å²) in [5.41, 5.74) is 0.703. The second kappa shape index (κ2) is 7.82. The average molecular weight is 319 g/mol. The van der Waals surface area contributed by atoms with E-state index in [-0.39, 0.29) is 12.1 Å². The zero-order valence-corrected chi connectivity index (χ0v) is 13.8. The van der Waals surface area contributed by atoms with Crippen LogP contribution in [0.2, 0.25) is 0 Å². The van der Waals surface area contributed by atoms with E-state index in [1.54, 1.807) is 24.5 Å². The van der Waals surface area contributed by atoms with Crippen LogP contribution in [0.3, 0.4) is 0 Å². The molecule has 0 saturated heterocycles. The molecule has 0 aliphatic carbocycles. The number of carbonyl (C=O) groups excluding carboxylic acids is 1. The Balaban J connectivity index is 1.91. The Hall–Kier alpha value is -2.05. The number of amides is 2. The zero-order valence-electron chi connectivity index (χ0n) is 13.0. The van der Waals surface area contributed by atoms with E-state index in [1.165, 1.54) is 4.88 Å². The third-order valence-electron chi connectivity index (χ3n) is 3.28. The maximum Gasteiger partial charge on any atom is 0.319 e. The van der Waals surface area contributed by atoms with Gasteiger partial charge in [-0.05, 0) is 37.7 Å². The fourth-order valence-electron chi connectivity index (χ4n) is 2.08. The van der Waals surface area contributed by atoms with Crippen LogP contribution in [0.5, 0.6) is 5.75 Å². The first-order valence-corrected chi connectivity index (χ1v) is 7.87. The normalized spacial score (nSPS) is 12.0. The summed E-state index contributed by atoms with van der Waals surface area (Å²) in [6.45, 7) is 0.545. The minimum Gasteiger partial charge on any atom is -0.497 e. The second-order valence-corrected chi connectivity index (χ2v) is 6.04. The summed E-state index contributed by atoms with van der Waals surface area (Å²) in [7, 11) is 5.61. The van der Waals surface area contributed by atoms with Crippen LogP contribution in [0.15, 0.2) is 41.8 Å². The lowest BCUT2D eigenvalue weighted by Gasteiger charge is -2.23. The molecule has 0 aliphatic rings. The fourth-order valence-corrected chi connectivity index (χ4v) is 3.01. The number of ether oxygens (including phenoxy) is 1. The zero-order chi connectivity index (χ0) is 15.9. The Labute approximate surface area is 134 Å². The van der Waals surface area contributed by atoms with Crippen molar-refractivity contribution in [1.82, 2.24) is 10.2 Å². The first-order chi connectivity index (χ1) is 10.6. The van der Waals surface area contributed by atoms with Crippen molar-refractivity contribution in [3.05, 3.63) is 46.7 Å². The maximum atomic E-state index is 12.0. The van der Waals surface area contributed by atoms with Crippen LogP contribution in [-0.2, 0) is 0 Å². The van der Waals surface area contributed by atoms with Crippen LogP contribution in [-0.4, -0.2) is 38.7 Å². The van der Waals surface area contributed by atoms with Gasteiger partial charge in [-0.25, -0.2) is 4.79 Å². The van der Waals surface area contributed by atoms with Gasteiger partial charge < -0.3 is 20.3 Å². The smallest absolute Gasteiger partial charge is 0.319 e. The van der Waals surface area contributed by atoms with Crippen molar-refractivity contribution in [3.8, 4) is 5.75 Å². The van der Waals surface area contributed by atoms with Crippen molar-refractivity contribution in [2.45, 2.75) is 6.04 Å². The summed E-state index contributed by atoms with van der Waals surface area (Å²) < 4.78 is 5.14. The molecule has 6 heteroatoms. The molecule has 118 valence electrons. The Morgan fingerprint density at radius 2 is 2.14 bits per heavy atom. The third-order valence-corrected chi connectivity index (χ3v) is 4.25. The number of likely N-dealkylation sites (N-methyl/N-ethyl adjacent to an activating group) is 1. The molecule has 0 radical (unpaired) electrons. The number of nitrogens with zero attached hydrogens (tertiary/aromatic N) is 1. The molecule has 0 bridgehead atoms. The lowest BCUT2D eigenvalue weighted by molar-refractivity contribution is 0.244. The second-order valence-electron chi connectivity index (χ2n) is 5.06. The van der Waals surface area contributed by atoms with Crippen LogP contribution < -0.4 is 15.4 Å². The molecule has 0 aliphatic heterocycles. The summed E-state index contributed by atoms with van der Waals surface area (Å²) in [5.74, 6) is 0.711. The molecule has 1 heterocycles. The van der Waals surface area contributed by atoms with Gasteiger partial charge in [0, 0.05) is 23.2 Å². The number of rotatable bonds is 6. The van der Waals surface area contributed by atoms with Crippen LogP contribution >= 0.6 is 11.3 Å². The number of thiophene rings is 1. The van der Waals surface area contributed by atoms with Crippen molar-refractivity contribution in [3.63, 3.8) is 0 Å². The number of carbonyl (C=O) groups is 1. The van der Waals surface area contributed by atoms with Crippen molar-refractivity contribution < 1.29 is 9.53 Å². The highest BCUT2D eigenvalue weighted by Gasteiger charge is 2.16. The number of anilines is 1. The Bertz CT molecular complexity index is 599. The number of benzene rings is 1. The number of hydrogen-bond acceptors (Lipinski definition) is 4. The summed E-state index contributed by atoms with van der Waals surface area (Å²) in [5, 5.41) is 7.77. The lowest BCUT2D eigenvalue weighted by Crippen LogP contribution is -2.36.